The van der Waals surface area contributed by atoms with E-state index in [1.165, 1.54) is 19.3 Å². The van der Waals surface area contributed by atoms with E-state index in [4.69, 9.17) is 11.6 Å². The van der Waals surface area contributed by atoms with Crippen LogP contribution in [0.5, 0.6) is 0 Å². The van der Waals surface area contributed by atoms with E-state index >= 15 is 0 Å². The molecule has 23 heavy (non-hydrogen) atoms. The fourth-order valence-electron chi connectivity index (χ4n) is 2.84. The van der Waals surface area contributed by atoms with Gasteiger partial charge in [-0.1, -0.05) is 30.2 Å². The molecule has 0 aromatic heterocycles. The van der Waals surface area contributed by atoms with Crippen molar-refractivity contribution in [2.75, 3.05) is 26.2 Å². The summed E-state index contributed by atoms with van der Waals surface area (Å²) in [5, 5.41) is 16.3. The third-order valence-electron chi connectivity index (χ3n) is 4.07. The second kappa shape index (κ2) is 9.11. The van der Waals surface area contributed by atoms with E-state index in [1.807, 2.05) is 6.92 Å². The first kappa shape index (κ1) is 18.0. The van der Waals surface area contributed by atoms with Crippen LogP contribution in [-0.4, -0.2) is 48.3 Å². The molecule has 5 nitrogen and oxygen atoms in total. The number of halogens is 1. The van der Waals surface area contributed by atoms with Gasteiger partial charge in [0.05, 0.1) is 6.10 Å². The predicted octanol–water partition coefficient (Wildman–Crippen LogP) is 2.55. The quantitative estimate of drug-likeness (QED) is 0.746. The van der Waals surface area contributed by atoms with Crippen molar-refractivity contribution >= 4 is 17.6 Å². The molecule has 1 aromatic carbocycles. The number of amides is 2. The molecule has 2 amide bonds. The zero-order chi connectivity index (χ0) is 16.7. The Morgan fingerprint density at radius 1 is 1.26 bits per heavy atom. The van der Waals surface area contributed by atoms with Crippen LogP contribution in [-0.2, 0) is 0 Å². The van der Waals surface area contributed by atoms with Gasteiger partial charge in [0.25, 0.3) is 0 Å². The van der Waals surface area contributed by atoms with Crippen molar-refractivity contribution in [2.24, 2.45) is 0 Å². The van der Waals surface area contributed by atoms with Gasteiger partial charge in [0, 0.05) is 24.2 Å². The number of nitrogens with one attached hydrogen (secondary N) is 2. The van der Waals surface area contributed by atoms with Crippen LogP contribution in [0, 0.1) is 0 Å². The molecule has 3 N–H and O–H groups in total. The molecular formula is C17H26ClN3O2. The second-order valence-corrected chi connectivity index (χ2v) is 6.62. The molecule has 2 atom stereocenters. The van der Waals surface area contributed by atoms with E-state index in [2.05, 4.69) is 15.5 Å². The molecule has 128 valence electrons. The van der Waals surface area contributed by atoms with Crippen molar-refractivity contribution in [3.05, 3.63) is 34.9 Å². The highest BCUT2D eigenvalue weighted by molar-refractivity contribution is 6.30. The van der Waals surface area contributed by atoms with Crippen molar-refractivity contribution in [1.29, 1.82) is 0 Å². The molecule has 1 heterocycles. The van der Waals surface area contributed by atoms with E-state index in [-0.39, 0.29) is 18.6 Å². The van der Waals surface area contributed by atoms with Crippen molar-refractivity contribution < 1.29 is 9.90 Å². The van der Waals surface area contributed by atoms with E-state index in [1.54, 1.807) is 24.3 Å². The Labute approximate surface area is 143 Å². The van der Waals surface area contributed by atoms with Crippen LogP contribution in [0.1, 0.15) is 37.9 Å². The number of urea groups is 1. The molecule has 1 fully saturated rings. The van der Waals surface area contributed by atoms with E-state index in [0.717, 1.165) is 25.2 Å². The highest BCUT2D eigenvalue weighted by atomic mass is 35.5. The summed E-state index contributed by atoms with van der Waals surface area (Å²) in [5.74, 6) is 0. The minimum absolute atomic E-state index is 0.0841. The van der Waals surface area contributed by atoms with Gasteiger partial charge in [-0.15, -0.1) is 0 Å². The lowest BCUT2D eigenvalue weighted by atomic mass is 10.1. The van der Waals surface area contributed by atoms with Crippen LogP contribution in [0.25, 0.3) is 0 Å². The Morgan fingerprint density at radius 3 is 2.57 bits per heavy atom. The minimum atomic E-state index is -0.740. The monoisotopic (exact) mass is 339 g/mol. The number of benzene rings is 1. The molecule has 2 rings (SSSR count). The summed E-state index contributed by atoms with van der Waals surface area (Å²) in [6, 6.07) is 6.79. The Bertz CT molecular complexity index is 489. The standard InChI is InChI=1S/C17H26ClN3O2/c1-13(12-21-9-3-2-4-10-21)20-17(23)19-11-16(22)14-5-7-15(18)8-6-14/h5-8,13,16,22H,2-4,9-12H2,1H3,(H2,19,20,23). The lowest BCUT2D eigenvalue weighted by Gasteiger charge is -2.29. The van der Waals surface area contributed by atoms with Gasteiger partial charge in [-0.2, -0.15) is 0 Å². The van der Waals surface area contributed by atoms with E-state index in [0.29, 0.717) is 5.02 Å². The maximum atomic E-state index is 11.9. The largest absolute Gasteiger partial charge is 0.387 e. The molecular weight excluding hydrogens is 314 g/mol. The minimum Gasteiger partial charge on any atom is -0.387 e. The average Bonchev–Trinajstić information content (AvgIpc) is 2.54. The van der Waals surface area contributed by atoms with Crippen LogP contribution < -0.4 is 10.6 Å². The number of carbonyl (C=O) groups excluding carboxylic acids is 1. The zero-order valence-corrected chi connectivity index (χ0v) is 14.4. The highest BCUT2D eigenvalue weighted by Gasteiger charge is 2.15. The van der Waals surface area contributed by atoms with Crippen molar-refractivity contribution in [3.63, 3.8) is 0 Å². The molecule has 0 spiro atoms. The SMILES string of the molecule is CC(CN1CCCCC1)NC(=O)NCC(O)c1ccc(Cl)cc1. The molecule has 1 aromatic rings. The first-order valence-corrected chi connectivity index (χ1v) is 8.62. The van der Waals surface area contributed by atoms with Gasteiger partial charge in [0.2, 0.25) is 0 Å². The number of nitrogens with zero attached hydrogens (tertiary/aromatic N) is 1. The molecule has 0 saturated carbocycles. The average molecular weight is 340 g/mol. The summed E-state index contributed by atoms with van der Waals surface area (Å²) >= 11 is 5.82. The molecule has 6 heteroatoms. The fourth-order valence-corrected chi connectivity index (χ4v) is 2.97. The summed E-state index contributed by atoms with van der Waals surface area (Å²) in [6.45, 7) is 5.27. The molecule has 1 saturated heterocycles. The fraction of sp³-hybridized carbons (Fsp3) is 0.588. The lowest BCUT2D eigenvalue weighted by molar-refractivity contribution is 0.170. The summed E-state index contributed by atoms with van der Waals surface area (Å²) < 4.78 is 0. The number of piperidine rings is 1. The smallest absolute Gasteiger partial charge is 0.315 e. The van der Waals surface area contributed by atoms with Crippen LogP contribution in [0.3, 0.4) is 0 Å². The van der Waals surface area contributed by atoms with Crippen molar-refractivity contribution in [1.82, 2.24) is 15.5 Å². The van der Waals surface area contributed by atoms with Crippen LogP contribution in [0.4, 0.5) is 4.79 Å². The number of rotatable bonds is 6. The second-order valence-electron chi connectivity index (χ2n) is 6.18. The molecule has 2 unspecified atom stereocenters. The zero-order valence-electron chi connectivity index (χ0n) is 13.6. The van der Waals surface area contributed by atoms with Gasteiger partial charge in [-0.25, -0.2) is 4.79 Å². The summed E-state index contributed by atoms with van der Waals surface area (Å²) in [7, 11) is 0. The Morgan fingerprint density at radius 2 is 1.91 bits per heavy atom. The van der Waals surface area contributed by atoms with Gasteiger partial charge in [0.15, 0.2) is 0 Å². The van der Waals surface area contributed by atoms with Crippen molar-refractivity contribution in [3.8, 4) is 0 Å². The summed E-state index contributed by atoms with van der Waals surface area (Å²) in [4.78, 5) is 14.3. The number of carbonyl (C=O) groups is 1. The summed E-state index contributed by atoms with van der Waals surface area (Å²) in [5.41, 5.74) is 0.732. The Kier molecular flexibility index (Phi) is 7.15. The van der Waals surface area contributed by atoms with Crippen LogP contribution >= 0.6 is 11.6 Å². The first-order chi connectivity index (χ1) is 11.0. The number of aliphatic hydroxyl groups excluding tert-OH is 1. The normalized spacial score (nSPS) is 18.2. The van der Waals surface area contributed by atoms with E-state index in [9.17, 15) is 9.90 Å². The van der Waals surface area contributed by atoms with Gasteiger partial charge >= 0.3 is 6.03 Å². The molecule has 1 aliphatic heterocycles. The first-order valence-electron chi connectivity index (χ1n) is 8.25. The number of hydrogen-bond donors (Lipinski definition) is 3. The molecule has 0 radical (unpaired) electrons. The third-order valence-corrected chi connectivity index (χ3v) is 4.32. The van der Waals surface area contributed by atoms with Gasteiger partial charge in [-0.3, -0.25) is 0 Å². The molecule has 1 aliphatic rings. The summed E-state index contributed by atoms with van der Waals surface area (Å²) in [6.07, 6.45) is 3.05. The van der Waals surface area contributed by atoms with Crippen LogP contribution in [0.2, 0.25) is 5.02 Å². The predicted molar refractivity (Wildman–Crippen MR) is 92.7 cm³/mol. The van der Waals surface area contributed by atoms with Crippen LogP contribution in [0.15, 0.2) is 24.3 Å². The number of hydrogen-bond acceptors (Lipinski definition) is 3. The van der Waals surface area contributed by atoms with Gasteiger partial charge in [-0.05, 0) is 50.6 Å². The van der Waals surface area contributed by atoms with E-state index < -0.39 is 6.10 Å². The van der Waals surface area contributed by atoms with Crippen molar-refractivity contribution in [2.45, 2.75) is 38.3 Å². The Hall–Kier alpha value is -1.30. The Balaban J connectivity index is 1.68. The maximum absolute atomic E-state index is 11.9. The van der Waals surface area contributed by atoms with Gasteiger partial charge < -0.3 is 20.6 Å². The number of aliphatic hydroxyl groups is 1. The topological polar surface area (TPSA) is 64.6 Å². The van der Waals surface area contributed by atoms with Gasteiger partial charge in [0.1, 0.15) is 0 Å². The maximum Gasteiger partial charge on any atom is 0.315 e. The number of likely N-dealkylation sites (tertiary alicyclic amines) is 1. The molecule has 0 bridgehead atoms. The lowest BCUT2D eigenvalue weighted by Crippen LogP contribution is -2.47. The highest BCUT2D eigenvalue weighted by Crippen LogP contribution is 2.15. The third kappa shape index (κ3) is 6.37. The molecule has 0 aliphatic carbocycles.